The number of nitrogens with zero attached hydrogens (tertiary/aromatic N) is 3. The molecule has 0 radical (unpaired) electrons. The van der Waals surface area contributed by atoms with Crippen molar-refractivity contribution in [2.75, 3.05) is 18.5 Å². The Hall–Kier alpha value is -4.14. The van der Waals surface area contributed by atoms with E-state index in [2.05, 4.69) is 22.5 Å². The molecule has 1 aromatic heterocycles. The van der Waals surface area contributed by atoms with Crippen LogP contribution in [-0.2, 0) is 16.6 Å². The van der Waals surface area contributed by atoms with Gasteiger partial charge in [-0.3, -0.25) is 14.8 Å². The molecular formula is C26H26N4O5. The molecule has 1 saturated heterocycles. The van der Waals surface area contributed by atoms with E-state index in [1.54, 1.807) is 7.05 Å². The molecule has 2 amide bonds. The lowest BCUT2D eigenvalue weighted by Gasteiger charge is -2.31. The average molecular weight is 475 g/mol. The van der Waals surface area contributed by atoms with Gasteiger partial charge in [0.05, 0.1) is 6.20 Å². The number of nitrogens with one attached hydrogen (secondary N) is 1. The van der Waals surface area contributed by atoms with Crippen LogP contribution >= 0.6 is 0 Å². The summed E-state index contributed by atoms with van der Waals surface area (Å²) in [7, 11) is 1.59. The fourth-order valence-electron chi connectivity index (χ4n) is 5.13. The quantitative estimate of drug-likeness (QED) is 0.581. The van der Waals surface area contributed by atoms with E-state index >= 15 is 0 Å². The van der Waals surface area contributed by atoms with E-state index in [4.69, 9.17) is 4.74 Å². The van der Waals surface area contributed by atoms with E-state index in [-0.39, 0.29) is 23.9 Å². The predicted octanol–water partition coefficient (Wildman–Crippen LogP) is 3.86. The Bertz CT molecular complexity index is 1290. The number of rotatable bonds is 5. The maximum absolute atomic E-state index is 13.2. The van der Waals surface area contributed by atoms with Gasteiger partial charge in [-0.25, -0.2) is 9.59 Å². The van der Waals surface area contributed by atoms with E-state index in [0.717, 1.165) is 22.3 Å². The smallest absolute Gasteiger partial charge is 0.412 e. The number of likely N-dealkylation sites (tertiary alicyclic amines) is 1. The number of carboxylic acid groups (broad SMARTS) is 1. The monoisotopic (exact) mass is 474 g/mol. The summed E-state index contributed by atoms with van der Waals surface area (Å²) >= 11 is 0. The fourth-order valence-corrected chi connectivity index (χ4v) is 5.13. The molecule has 2 aromatic carbocycles. The molecule has 0 saturated carbocycles. The van der Waals surface area contributed by atoms with Crippen molar-refractivity contribution in [3.05, 3.63) is 71.4 Å². The van der Waals surface area contributed by atoms with Gasteiger partial charge in [-0.1, -0.05) is 48.5 Å². The summed E-state index contributed by atoms with van der Waals surface area (Å²) in [6.07, 6.45) is 1.57. The Morgan fingerprint density at radius 1 is 1.11 bits per heavy atom. The molecule has 2 N–H and O–H groups in total. The summed E-state index contributed by atoms with van der Waals surface area (Å²) in [5, 5.41) is 16.4. The highest BCUT2D eigenvalue weighted by Crippen LogP contribution is 2.44. The lowest BCUT2D eigenvalue weighted by atomic mass is 9.98. The van der Waals surface area contributed by atoms with Gasteiger partial charge in [-0.2, -0.15) is 5.10 Å². The second kappa shape index (κ2) is 8.57. The summed E-state index contributed by atoms with van der Waals surface area (Å²) in [6.45, 7) is 1.99. The first-order chi connectivity index (χ1) is 16.8. The van der Waals surface area contributed by atoms with Gasteiger partial charge < -0.3 is 14.7 Å². The molecule has 9 nitrogen and oxygen atoms in total. The number of carboxylic acids is 1. The van der Waals surface area contributed by atoms with Crippen LogP contribution in [0.1, 0.15) is 47.2 Å². The van der Waals surface area contributed by atoms with Crippen LogP contribution in [0.4, 0.5) is 10.6 Å². The molecule has 1 fully saturated rings. The van der Waals surface area contributed by atoms with Crippen LogP contribution in [-0.4, -0.2) is 56.4 Å². The van der Waals surface area contributed by atoms with Crippen LogP contribution in [0.3, 0.4) is 0 Å². The highest BCUT2D eigenvalue weighted by Gasteiger charge is 2.47. The van der Waals surface area contributed by atoms with Crippen molar-refractivity contribution < 1.29 is 24.2 Å². The van der Waals surface area contributed by atoms with Crippen molar-refractivity contribution in [1.29, 1.82) is 0 Å². The van der Waals surface area contributed by atoms with E-state index < -0.39 is 23.5 Å². The number of hydrogen-bond donors (Lipinski definition) is 2. The molecule has 2 heterocycles. The van der Waals surface area contributed by atoms with Gasteiger partial charge in [0.15, 0.2) is 0 Å². The third-order valence-corrected chi connectivity index (χ3v) is 7.08. The molecular weight excluding hydrogens is 448 g/mol. The summed E-state index contributed by atoms with van der Waals surface area (Å²) in [5.41, 5.74) is 3.27. The van der Waals surface area contributed by atoms with Crippen LogP contribution in [0.2, 0.25) is 0 Å². The Morgan fingerprint density at radius 3 is 2.37 bits per heavy atom. The Kier molecular flexibility index (Phi) is 5.55. The summed E-state index contributed by atoms with van der Waals surface area (Å²) < 4.78 is 6.96. The fraction of sp³-hybridized carbons (Fsp3) is 0.308. The molecule has 0 spiro atoms. The first-order valence-electron chi connectivity index (χ1n) is 11.5. The van der Waals surface area contributed by atoms with E-state index in [1.807, 2.05) is 36.4 Å². The zero-order valence-corrected chi connectivity index (χ0v) is 19.5. The van der Waals surface area contributed by atoms with Gasteiger partial charge in [-0.15, -0.1) is 0 Å². The number of benzene rings is 2. The number of aromatic nitrogens is 2. The van der Waals surface area contributed by atoms with Crippen LogP contribution in [0.15, 0.2) is 54.7 Å². The van der Waals surface area contributed by atoms with Gasteiger partial charge in [-0.05, 0) is 42.0 Å². The van der Waals surface area contributed by atoms with Crippen LogP contribution in [0.25, 0.3) is 11.1 Å². The van der Waals surface area contributed by atoms with Crippen molar-refractivity contribution in [3.63, 3.8) is 0 Å². The average Bonchev–Trinajstić information content (AvgIpc) is 3.52. The minimum absolute atomic E-state index is 0.0957. The number of carbonyl (C=O) groups excluding carboxylic acids is 2. The van der Waals surface area contributed by atoms with Crippen LogP contribution in [0.5, 0.6) is 0 Å². The van der Waals surface area contributed by atoms with Gasteiger partial charge in [0.25, 0.3) is 5.91 Å². The summed E-state index contributed by atoms with van der Waals surface area (Å²) in [5.74, 6) is -1.48. The minimum atomic E-state index is -1.30. The molecule has 35 heavy (non-hydrogen) atoms. The number of amides is 2. The molecule has 1 aliphatic carbocycles. The van der Waals surface area contributed by atoms with Crippen molar-refractivity contribution in [3.8, 4) is 11.1 Å². The molecule has 180 valence electrons. The summed E-state index contributed by atoms with van der Waals surface area (Å²) in [6, 6.07) is 16.1. The number of anilines is 1. The molecule has 1 atom stereocenters. The van der Waals surface area contributed by atoms with Crippen molar-refractivity contribution in [2.24, 2.45) is 7.05 Å². The maximum Gasteiger partial charge on any atom is 0.412 e. The van der Waals surface area contributed by atoms with E-state index in [0.29, 0.717) is 19.4 Å². The van der Waals surface area contributed by atoms with E-state index in [9.17, 15) is 19.5 Å². The van der Waals surface area contributed by atoms with Gasteiger partial charge in [0.1, 0.15) is 23.5 Å². The standard InChI is InChI=1S/C26H26N4O5/c1-26(24(32)33)12-7-13-30(26)23(31)20-14-27-29(2)22(20)28-25(34)35-15-21-18-10-5-3-8-16(18)17-9-4-6-11-19(17)21/h3-6,8-11,14,21H,7,12-13,15H2,1-2H3,(H,28,34)(H,32,33). The lowest BCUT2D eigenvalue weighted by Crippen LogP contribution is -2.50. The van der Waals surface area contributed by atoms with E-state index in [1.165, 1.54) is 22.7 Å². The Morgan fingerprint density at radius 2 is 1.74 bits per heavy atom. The highest BCUT2D eigenvalue weighted by atomic mass is 16.5. The maximum atomic E-state index is 13.2. The third-order valence-electron chi connectivity index (χ3n) is 7.08. The number of hydrogen-bond acceptors (Lipinski definition) is 5. The van der Waals surface area contributed by atoms with Crippen molar-refractivity contribution >= 4 is 23.8 Å². The van der Waals surface area contributed by atoms with Gasteiger partial charge in [0, 0.05) is 19.5 Å². The normalized spacial score (nSPS) is 18.7. The SMILES string of the molecule is Cn1ncc(C(=O)N2CCCC2(C)C(=O)O)c1NC(=O)OCC1c2ccccc2-c2ccccc21. The minimum Gasteiger partial charge on any atom is -0.480 e. The van der Waals surface area contributed by atoms with Crippen molar-refractivity contribution in [2.45, 2.75) is 31.2 Å². The molecule has 3 aromatic rings. The predicted molar refractivity (Wildman–Crippen MR) is 128 cm³/mol. The third kappa shape index (κ3) is 3.73. The summed E-state index contributed by atoms with van der Waals surface area (Å²) in [4.78, 5) is 39.2. The highest BCUT2D eigenvalue weighted by molar-refractivity contribution is 6.03. The molecule has 2 aliphatic rings. The number of fused-ring (bicyclic) bond motifs is 3. The molecule has 1 unspecified atom stereocenters. The van der Waals surface area contributed by atoms with Gasteiger partial charge >= 0.3 is 12.1 Å². The number of aryl methyl sites for hydroxylation is 1. The first kappa shape index (κ1) is 22.6. The molecule has 9 heteroatoms. The number of aliphatic carboxylic acids is 1. The zero-order valence-electron chi connectivity index (χ0n) is 19.5. The number of carbonyl (C=O) groups is 3. The Labute approximate surface area is 202 Å². The lowest BCUT2D eigenvalue weighted by molar-refractivity contribution is -0.147. The topological polar surface area (TPSA) is 114 Å². The molecule has 0 bridgehead atoms. The second-order valence-electron chi connectivity index (χ2n) is 9.12. The Balaban J connectivity index is 1.32. The second-order valence-corrected chi connectivity index (χ2v) is 9.12. The van der Waals surface area contributed by atoms with Gasteiger partial charge in [0.2, 0.25) is 0 Å². The molecule has 5 rings (SSSR count). The van der Waals surface area contributed by atoms with Crippen LogP contribution < -0.4 is 5.32 Å². The van der Waals surface area contributed by atoms with Crippen molar-refractivity contribution in [1.82, 2.24) is 14.7 Å². The zero-order chi connectivity index (χ0) is 24.7. The molecule has 1 aliphatic heterocycles. The first-order valence-corrected chi connectivity index (χ1v) is 11.5. The largest absolute Gasteiger partial charge is 0.480 e. The van der Waals surface area contributed by atoms with Crippen LogP contribution in [0, 0.1) is 0 Å². The number of ether oxygens (including phenoxy) is 1.